The van der Waals surface area contributed by atoms with Crippen LogP contribution in [0.3, 0.4) is 0 Å². The van der Waals surface area contributed by atoms with E-state index in [4.69, 9.17) is 10.7 Å². The fourth-order valence-electron chi connectivity index (χ4n) is 4.24. The topological polar surface area (TPSA) is 125 Å². The highest BCUT2D eigenvalue weighted by molar-refractivity contribution is 5.98. The van der Waals surface area contributed by atoms with Gasteiger partial charge in [-0.1, -0.05) is 37.3 Å². The summed E-state index contributed by atoms with van der Waals surface area (Å²) in [6.45, 7) is 6.79. The summed E-state index contributed by atoms with van der Waals surface area (Å²) in [7, 11) is 0. The van der Waals surface area contributed by atoms with E-state index in [9.17, 15) is 14.4 Å². The molecule has 1 aromatic carbocycles. The lowest BCUT2D eigenvalue weighted by Crippen LogP contribution is -2.48. The Morgan fingerprint density at radius 1 is 1.12 bits per heavy atom. The number of fused-ring (bicyclic) bond motifs is 1. The number of primary amides is 1. The monoisotopic (exact) mass is 451 g/mol. The summed E-state index contributed by atoms with van der Waals surface area (Å²) in [5.74, 6) is 0.187. The zero-order valence-corrected chi connectivity index (χ0v) is 19.0. The molecule has 10 nitrogen and oxygen atoms in total. The van der Waals surface area contributed by atoms with Gasteiger partial charge in [-0.15, -0.1) is 0 Å². The fraction of sp³-hybridized carbons (Fsp3) is 0.435. The summed E-state index contributed by atoms with van der Waals surface area (Å²) in [6, 6.07) is 8.38. The summed E-state index contributed by atoms with van der Waals surface area (Å²) >= 11 is 0. The Hall–Kier alpha value is -3.69. The Morgan fingerprint density at radius 3 is 2.42 bits per heavy atom. The Morgan fingerprint density at radius 2 is 1.82 bits per heavy atom. The number of amides is 3. The highest BCUT2D eigenvalue weighted by Gasteiger charge is 2.34. The van der Waals surface area contributed by atoms with Crippen LogP contribution in [0.1, 0.15) is 47.9 Å². The van der Waals surface area contributed by atoms with Crippen LogP contribution >= 0.6 is 0 Å². The van der Waals surface area contributed by atoms with E-state index in [0.717, 1.165) is 6.42 Å². The lowest BCUT2D eigenvalue weighted by molar-refractivity contribution is -0.129. The van der Waals surface area contributed by atoms with Crippen molar-refractivity contribution in [2.75, 3.05) is 42.9 Å². The first-order valence-electron chi connectivity index (χ1n) is 11.2. The lowest BCUT2D eigenvalue weighted by Gasteiger charge is -2.34. The molecule has 33 heavy (non-hydrogen) atoms. The molecule has 10 heteroatoms. The molecule has 3 amide bonds. The molecule has 1 saturated heterocycles. The fourth-order valence-corrected chi connectivity index (χ4v) is 4.24. The summed E-state index contributed by atoms with van der Waals surface area (Å²) in [5.41, 5.74) is 7.45. The third kappa shape index (κ3) is 4.59. The maximum Gasteiger partial charge on any atom is 0.273 e. The van der Waals surface area contributed by atoms with Crippen LogP contribution in [-0.2, 0) is 16.1 Å². The van der Waals surface area contributed by atoms with Crippen molar-refractivity contribution in [1.29, 1.82) is 0 Å². The van der Waals surface area contributed by atoms with Crippen LogP contribution in [0.25, 0.3) is 0 Å². The van der Waals surface area contributed by atoms with Gasteiger partial charge in [-0.3, -0.25) is 14.4 Å². The molecule has 174 valence electrons. The van der Waals surface area contributed by atoms with E-state index in [1.165, 1.54) is 0 Å². The van der Waals surface area contributed by atoms with Gasteiger partial charge in [-0.05, 0) is 12.0 Å². The summed E-state index contributed by atoms with van der Waals surface area (Å²) < 4.78 is 0. The van der Waals surface area contributed by atoms with Gasteiger partial charge in [-0.25, -0.2) is 4.98 Å². The highest BCUT2D eigenvalue weighted by atomic mass is 16.2. The predicted octanol–water partition coefficient (Wildman–Crippen LogP) is 1.15. The van der Waals surface area contributed by atoms with Crippen LogP contribution in [0.4, 0.5) is 11.8 Å². The van der Waals surface area contributed by atoms with E-state index in [0.29, 0.717) is 67.9 Å². The number of carbonyl (C=O) groups is 3. The minimum absolute atomic E-state index is 0.0319. The molecule has 1 unspecified atom stereocenters. The highest BCUT2D eigenvalue weighted by Crippen LogP contribution is 2.31. The van der Waals surface area contributed by atoms with Crippen LogP contribution in [0, 0.1) is 0 Å². The Labute approximate surface area is 192 Å². The van der Waals surface area contributed by atoms with Crippen molar-refractivity contribution in [3.63, 3.8) is 0 Å². The second-order valence-electron chi connectivity index (χ2n) is 8.31. The molecule has 0 bridgehead atoms. The number of hydrogen-bond acceptors (Lipinski definition) is 7. The molecule has 1 aromatic heterocycles. The molecule has 0 aliphatic carbocycles. The van der Waals surface area contributed by atoms with Gasteiger partial charge in [0.15, 0.2) is 0 Å². The number of nitrogens with two attached hydrogens (primary N) is 1. The summed E-state index contributed by atoms with van der Waals surface area (Å²) in [5, 5.41) is 3.19. The van der Waals surface area contributed by atoms with Crippen molar-refractivity contribution in [2.45, 2.75) is 32.9 Å². The smallest absolute Gasteiger partial charge is 0.273 e. The van der Waals surface area contributed by atoms with Gasteiger partial charge in [-0.2, -0.15) is 4.98 Å². The predicted molar refractivity (Wildman–Crippen MR) is 124 cm³/mol. The Bertz CT molecular complexity index is 1050. The van der Waals surface area contributed by atoms with Crippen LogP contribution in [-0.4, -0.2) is 70.2 Å². The van der Waals surface area contributed by atoms with Crippen LogP contribution in [0.5, 0.6) is 0 Å². The number of aromatic nitrogens is 2. The first-order valence-corrected chi connectivity index (χ1v) is 11.2. The zero-order valence-electron chi connectivity index (χ0n) is 19.0. The Balaban J connectivity index is 1.70. The number of hydrogen-bond donors (Lipinski definition) is 2. The molecule has 0 radical (unpaired) electrons. The minimum atomic E-state index is -0.803. The van der Waals surface area contributed by atoms with Gasteiger partial charge >= 0.3 is 0 Å². The van der Waals surface area contributed by atoms with Gasteiger partial charge in [0.2, 0.25) is 17.8 Å². The van der Waals surface area contributed by atoms with Crippen molar-refractivity contribution in [3.05, 3.63) is 47.2 Å². The number of carbonyl (C=O) groups excluding carboxylic acids is 3. The van der Waals surface area contributed by atoms with E-state index in [1.54, 1.807) is 16.7 Å². The second-order valence-corrected chi connectivity index (χ2v) is 8.31. The zero-order chi connectivity index (χ0) is 23.5. The molecule has 1 fully saturated rings. The third-order valence-corrected chi connectivity index (χ3v) is 6.03. The Kier molecular flexibility index (Phi) is 6.43. The first-order chi connectivity index (χ1) is 15.9. The van der Waals surface area contributed by atoms with Gasteiger partial charge < -0.3 is 25.8 Å². The number of benzene rings is 1. The minimum Gasteiger partial charge on any atom is -0.368 e. The molecule has 2 aliphatic rings. The molecule has 4 rings (SSSR count). The normalized spacial score (nSPS) is 16.5. The van der Waals surface area contributed by atoms with E-state index < -0.39 is 11.9 Å². The van der Waals surface area contributed by atoms with Gasteiger partial charge in [0.25, 0.3) is 5.91 Å². The van der Waals surface area contributed by atoms with Crippen LogP contribution in [0.15, 0.2) is 30.3 Å². The third-order valence-electron chi connectivity index (χ3n) is 6.03. The van der Waals surface area contributed by atoms with Crippen LogP contribution in [0.2, 0.25) is 0 Å². The first kappa shape index (κ1) is 22.5. The second kappa shape index (κ2) is 9.43. The van der Waals surface area contributed by atoms with Crippen molar-refractivity contribution in [1.82, 2.24) is 19.8 Å². The number of nitrogens with zero attached hydrogens (tertiary/aromatic N) is 5. The SMILES string of the molecule is CCCN1Cc2c(NC(C(N)=O)c3ccccc3)nc(N3CCN(C(C)=O)CC3)nc2C1=O. The van der Waals surface area contributed by atoms with E-state index in [2.05, 4.69) is 10.3 Å². The largest absolute Gasteiger partial charge is 0.368 e. The van der Waals surface area contributed by atoms with E-state index in [-0.39, 0.29) is 11.8 Å². The average molecular weight is 452 g/mol. The molecular formula is C23H29N7O3. The molecule has 0 saturated carbocycles. The molecule has 2 aliphatic heterocycles. The summed E-state index contributed by atoms with van der Waals surface area (Å²) in [4.78, 5) is 51.9. The van der Waals surface area contributed by atoms with Gasteiger partial charge in [0.1, 0.15) is 17.6 Å². The van der Waals surface area contributed by atoms with Crippen molar-refractivity contribution in [2.24, 2.45) is 5.73 Å². The maximum absolute atomic E-state index is 13.0. The number of anilines is 2. The average Bonchev–Trinajstić information content (AvgIpc) is 3.13. The van der Waals surface area contributed by atoms with Crippen molar-refractivity contribution >= 4 is 29.5 Å². The molecule has 3 heterocycles. The molecule has 0 spiro atoms. The van der Waals surface area contributed by atoms with Gasteiger partial charge in [0.05, 0.1) is 6.54 Å². The lowest BCUT2D eigenvalue weighted by atomic mass is 10.1. The maximum atomic E-state index is 13.0. The number of piperazine rings is 1. The van der Waals surface area contributed by atoms with Gasteiger partial charge in [0, 0.05) is 45.2 Å². The molecular weight excluding hydrogens is 422 g/mol. The van der Waals surface area contributed by atoms with Crippen LogP contribution < -0.4 is 16.0 Å². The molecule has 1 atom stereocenters. The molecule has 3 N–H and O–H groups in total. The quantitative estimate of drug-likeness (QED) is 0.647. The van der Waals surface area contributed by atoms with E-state index in [1.807, 2.05) is 42.2 Å². The number of rotatable bonds is 7. The standard InChI is InChI=1S/C23H29N7O3/c1-3-9-30-14-17-19(22(30)33)26-23(29-12-10-28(11-13-29)15(2)31)27-21(17)25-18(20(24)32)16-7-5-4-6-8-16/h4-8,18H,3,9-14H2,1-2H3,(H2,24,32)(H,25,26,27). The van der Waals surface area contributed by atoms with Crippen molar-refractivity contribution in [3.8, 4) is 0 Å². The van der Waals surface area contributed by atoms with Crippen molar-refractivity contribution < 1.29 is 14.4 Å². The summed E-state index contributed by atoms with van der Waals surface area (Å²) in [6.07, 6.45) is 0.823. The number of nitrogens with one attached hydrogen (secondary N) is 1. The van der Waals surface area contributed by atoms with E-state index >= 15 is 0 Å². The molecule has 2 aromatic rings.